The first-order valence-electron chi connectivity index (χ1n) is 5.79. The molecule has 0 bridgehead atoms. The molecule has 1 rings (SSSR count). The molecule has 0 aromatic carbocycles. The van der Waals surface area contributed by atoms with Crippen LogP contribution in [-0.4, -0.2) is 39.5 Å². The SMILES string of the molecule is CCNCCCCOCC1CCOC1. The summed E-state index contributed by atoms with van der Waals surface area (Å²) in [6.07, 6.45) is 3.56. The number of ether oxygens (including phenoxy) is 2. The van der Waals surface area contributed by atoms with Gasteiger partial charge in [-0.1, -0.05) is 6.92 Å². The summed E-state index contributed by atoms with van der Waals surface area (Å²) in [5, 5.41) is 3.30. The van der Waals surface area contributed by atoms with Crippen LogP contribution in [0.25, 0.3) is 0 Å². The van der Waals surface area contributed by atoms with Crippen molar-refractivity contribution < 1.29 is 9.47 Å². The molecule has 0 spiro atoms. The molecule has 0 aromatic rings. The van der Waals surface area contributed by atoms with Crippen molar-refractivity contribution in [1.29, 1.82) is 0 Å². The Balaban J connectivity index is 1.75. The van der Waals surface area contributed by atoms with Crippen molar-refractivity contribution in [2.75, 3.05) is 39.5 Å². The van der Waals surface area contributed by atoms with Crippen molar-refractivity contribution in [3.05, 3.63) is 0 Å². The van der Waals surface area contributed by atoms with Gasteiger partial charge in [0.05, 0.1) is 13.2 Å². The molecule has 0 aliphatic carbocycles. The lowest BCUT2D eigenvalue weighted by Crippen LogP contribution is -2.15. The highest BCUT2D eigenvalue weighted by atomic mass is 16.5. The van der Waals surface area contributed by atoms with E-state index in [9.17, 15) is 0 Å². The van der Waals surface area contributed by atoms with Crippen LogP contribution in [0.15, 0.2) is 0 Å². The first kappa shape index (κ1) is 12.0. The van der Waals surface area contributed by atoms with Gasteiger partial charge in [0.25, 0.3) is 0 Å². The zero-order chi connectivity index (χ0) is 10.1. The molecule has 0 saturated carbocycles. The van der Waals surface area contributed by atoms with Gasteiger partial charge in [0.2, 0.25) is 0 Å². The number of hydrogen-bond donors (Lipinski definition) is 1. The van der Waals surface area contributed by atoms with Crippen LogP contribution in [-0.2, 0) is 9.47 Å². The molecule has 1 fully saturated rings. The van der Waals surface area contributed by atoms with E-state index in [0.29, 0.717) is 5.92 Å². The van der Waals surface area contributed by atoms with E-state index >= 15 is 0 Å². The van der Waals surface area contributed by atoms with Crippen molar-refractivity contribution in [2.24, 2.45) is 5.92 Å². The Labute approximate surface area is 87.2 Å². The summed E-state index contributed by atoms with van der Waals surface area (Å²) in [7, 11) is 0. The van der Waals surface area contributed by atoms with Crippen LogP contribution < -0.4 is 5.32 Å². The molecule has 1 saturated heterocycles. The smallest absolute Gasteiger partial charge is 0.0517 e. The molecule has 1 heterocycles. The summed E-state index contributed by atoms with van der Waals surface area (Å²) in [6, 6.07) is 0. The van der Waals surface area contributed by atoms with Crippen LogP contribution in [0.5, 0.6) is 0 Å². The highest BCUT2D eigenvalue weighted by molar-refractivity contribution is 4.62. The lowest BCUT2D eigenvalue weighted by molar-refractivity contribution is 0.0874. The van der Waals surface area contributed by atoms with Crippen LogP contribution in [0.1, 0.15) is 26.2 Å². The maximum Gasteiger partial charge on any atom is 0.0517 e. The van der Waals surface area contributed by atoms with E-state index in [1.54, 1.807) is 0 Å². The van der Waals surface area contributed by atoms with Gasteiger partial charge in [0.15, 0.2) is 0 Å². The van der Waals surface area contributed by atoms with Crippen molar-refractivity contribution in [3.8, 4) is 0 Å². The van der Waals surface area contributed by atoms with Gasteiger partial charge in [-0.15, -0.1) is 0 Å². The van der Waals surface area contributed by atoms with E-state index in [-0.39, 0.29) is 0 Å². The Morgan fingerprint density at radius 2 is 2.36 bits per heavy atom. The van der Waals surface area contributed by atoms with Crippen LogP contribution in [0, 0.1) is 5.92 Å². The van der Waals surface area contributed by atoms with E-state index in [1.807, 2.05) is 0 Å². The fourth-order valence-corrected chi connectivity index (χ4v) is 1.60. The molecular formula is C11H23NO2. The maximum absolute atomic E-state index is 5.59. The molecule has 1 atom stereocenters. The van der Waals surface area contributed by atoms with E-state index in [2.05, 4.69) is 12.2 Å². The second-order valence-electron chi connectivity index (χ2n) is 3.87. The summed E-state index contributed by atoms with van der Waals surface area (Å²) < 4.78 is 10.9. The Hall–Kier alpha value is -0.120. The molecule has 14 heavy (non-hydrogen) atoms. The van der Waals surface area contributed by atoms with E-state index in [4.69, 9.17) is 9.47 Å². The lowest BCUT2D eigenvalue weighted by atomic mass is 10.1. The Morgan fingerprint density at radius 1 is 1.43 bits per heavy atom. The van der Waals surface area contributed by atoms with Gasteiger partial charge in [0, 0.05) is 19.1 Å². The highest BCUT2D eigenvalue weighted by Gasteiger charge is 2.14. The largest absolute Gasteiger partial charge is 0.381 e. The zero-order valence-electron chi connectivity index (χ0n) is 9.26. The average molecular weight is 201 g/mol. The standard InChI is InChI=1S/C11H23NO2/c1-2-12-6-3-4-7-13-9-11-5-8-14-10-11/h11-12H,2-10H2,1H3. The Kier molecular flexibility index (Phi) is 7.01. The van der Waals surface area contributed by atoms with Crippen molar-refractivity contribution in [1.82, 2.24) is 5.32 Å². The summed E-state index contributed by atoms with van der Waals surface area (Å²) >= 11 is 0. The third-order valence-electron chi connectivity index (χ3n) is 2.52. The summed E-state index contributed by atoms with van der Waals surface area (Å²) in [4.78, 5) is 0. The minimum absolute atomic E-state index is 0.656. The van der Waals surface area contributed by atoms with Gasteiger partial charge < -0.3 is 14.8 Å². The first-order chi connectivity index (χ1) is 6.93. The molecule has 0 amide bonds. The molecule has 1 unspecified atom stereocenters. The van der Waals surface area contributed by atoms with Gasteiger partial charge in [-0.3, -0.25) is 0 Å². The molecular weight excluding hydrogens is 178 g/mol. The lowest BCUT2D eigenvalue weighted by Gasteiger charge is -2.08. The van der Waals surface area contributed by atoms with Crippen molar-refractivity contribution in [3.63, 3.8) is 0 Å². The average Bonchev–Trinajstić information content (AvgIpc) is 2.69. The number of rotatable bonds is 8. The van der Waals surface area contributed by atoms with E-state index < -0.39 is 0 Å². The molecule has 1 aliphatic rings. The third-order valence-corrected chi connectivity index (χ3v) is 2.52. The molecule has 0 radical (unpaired) electrons. The van der Waals surface area contributed by atoms with Crippen molar-refractivity contribution >= 4 is 0 Å². The third kappa shape index (κ3) is 5.58. The zero-order valence-corrected chi connectivity index (χ0v) is 9.26. The van der Waals surface area contributed by atoms with Crippen LogP contribution in [0.4, 0.5) is 0 Å². The monoisotopic (exact) mass is 201 g/mol. The normalized spacial score (nSPS) is 21.6. The van der Waals surface area contributed by atoms with Crippen LogP contribution in [0.3, 0.4) is 0 Å². The molecule has 3 nitrogen and oxygen atoms in total. The predicted octanol–water partition coefficient (Wildman–Crippen LogP) is 1.43. The van der Waals surface area contributed by atoms with E-state index in [1.165, 1.54) is 19.3 Å². The van der Waals surface area contributed by atoms with Crippen LogP contribution >= 0.6 is 0 Å². The number of hydrogen-bond acceptors (Lipinski definition) is 3. The maximum atomic E-state index is 5.59. The Bertz CT molecular complexity index is 124. The molecule has 1 N–H and O–H groups in total. The van der Waals surface area contributed by atoms with Gasteiger partial charge in [-0.25, -0.2) is 0 Å². The predicted molar refractivity (Wildman–Crippen MR) is 57.5 cm³/mol. The van der Waals surface area contributed by atoms with Gasteiger partial charge in [-0.2, -0.15) is 0 Å². The fraction of sp³-hybridized carbons (Fsp3) is 1.00. The molecule has 1 aliphatic heterocycles. The van der Waals surface area contributed by atoms with Crippen molar-refractivity contribution in [2.45, 2.75) is 26.2 Å². The molecule has 3 heteroatoms. The molecule has 0 aromatic heterocycles. The second-order valence-corrected chi connectivity index (χ2v) is 3.87. The topological polar surface area (TPSA) is 30.5 Å². The number of unbranched alkanes of at least 4 members (excludes halogenated alkanes) is 1. The van der Waals surface area contributed by atoms with Crippen LogP contribution in [0.2, 0.25) is 0 Å². The van der Waals surface area contributed by atoms with Gasteiger partial charge in [-0.05, 0) is 32.4 Å². The molecule has 84 valence electrons. The van der Waals surface area contributed by atoms with E-state index in [0.717, 1.165) is 39.5 Å². The Morgan fingerprint density at radius 3 is 3.07 bits per heavy atom. The minimum Gasteiger partial charge on any atom is -0.381 e. The number of nitrogens with one attached hydrogen (secondary N) is 1. The highest BCUT2D eigenvalue weighted by Crippen LogP contribution is 2.12. The first-order valence-corrected chi connectivity index (χ1v) is 5.79. The summed E-state index contributed by atoms with van der Waals surface area (Å²) in [6.45, 7) is 7.94. The fourth-order valence-electron chi connectivity index (χ4n) is 1.60. The quantitative estimate of drug-likeness (QED) is 0.603. The van der Waals surface area contributed by atoms with Gasteiger partial charge >= 0.3 is 0 Å². The minimum atomic E-state index is 0.656. The summed E-state index contributed by atoms with van der Waals surface area (Å²) in [5.74, 6) is 0.656. The summed E-state index contributed by atoms with van der Waals surface area (Å²) in [5.41, 5.74) is 0. The second kappa shape index (κ2) is 8.21. The van der Waals surface area contributed by atoms with Gasteiger partial charge in [0.1, 0.15) is 0 Å².